The van der Waals surface area contributed by atoms with E-state index < -0.39 is 47.6 Å². The summed E-state index contributed by atoms with van der Waals surface area (Å²) >= 11 is 0. The van der Waals surface area contributed by atoms with Crippen molar-refractivity contribution in [2.45, 2.75) is 59.9 Å². The first-order valence-corrected chi connectivity index (χ1v) is 7.45. The van der Waals surface area contributed by atoms with Gasteiger partial charge in [-0.25, -0.2) is 9.59 Å². The molecule has 136 valence electrons. The molecule has 8 heteroatoms. The summed E-state index contributed by atoms with van der Waals surface area (Å²) in [5.41, 5.74) is -2.05. The van der Waals surface area contributed by atoms with Gasteiger partial charge in [0.15, 0.2) is 5.41 Å². The van der Waals surface area contributed by atoms with Crippen LogP contribution in [-0.4, -0.2) is 47.3 Å². The summed E-state index contributed by atoms with van der Waals surface area (Å²) in [5.74, 6) is -5.02. The molecule has 0 rings (SSSR count). The number of carboxylic acids is 1. The molecule has 0 spiro atoms. The highest BCUT2D eigenvalue weighted by molar-refractivity contribution is 6.05. The summed E-state index contributed by atoms with van der Waals surface area (Å²) in [6.45, 7) is 8.80. The van der Waals surface area contributed by atoms with Crippen molar-refractivity contribution < 1.29 is 38.5 Å². The first-order valence-electron chi connectivity index (χ1n) is 7.45. The van der Waals surface area contributed by atoms with Crippen LogP contribution in [0.5, 0.6) is 0 Å². The van der Waals surface area contributed by atoms with E-state index >= 15 is 0 Å². The van der Waals surface area contributed by atoms with Crippen molar-refractivity contribution >= 4 is 23.9 Å². The lowest BCUT2D eigenvalue weighted by Gasteiger charge is -2.23. The molecule has 0 saturated carbocycles. The minimum atomic E-state index is -2.05. The van der Waals surface area contributed by atoms with Gasteiger partial charge in [-0.1, -0.05) is 12.2 Å². The van der Waals surface area contributed by atoms with Gasteiger partial charge in [0.05, 0.1) is 12.2 Å². The first kappa shape index (κ1) is 21.6. The van der Waals surface area contributed by atoms with E-state index in [-0.39, 0.29) is 0 Å². The molecule has 0 aromatic carbocycles. The molecule has 0 bridgehead atoms. The minimum Gasteiger partial charge on any atom is -0.480 e. The number of hydrogen-bond acceptors (Lipinski definition) is 7. The molecule has 0 aliphatic carbocycles. The fourth-order valence-electron chi connectivity index (χ4n) is 1.57. The van der Waals surface area contributed by atoms with E-state index in [1.807, 2.05) is 0 Å². The molecule has 0 fully saturated rings. The molecular formula is C16H24O8. The maximum atomic E-state index is 12.2. The first-order chi connectivity index (χ1) is 11.0. The van der Waals surface area contributed by atoms with E-state index in [4.69, 9.17) is 14.2 Å². The van der Waals surface area contributed by atoms with Crippen molar-refractivity contribution in [1.82, 2.24) is 0 Å². The van der Waals surface area contributed by atoms with E-state index in [0.717, 1.165) is 13.0 Å². The Bertz CT molecular complexity index is 498. The molecule has 1 unspecified atom stereocenters. The molecular weight excluding hydrogens is 320 g/mol. The summed E-state index contributed by atoms with van der Waals surface area (Å²) in [7, 11) is 0. The Balaban J connectivity index is 5.51. The van der Waals surface area contributed by atoms with Crippen LogP contribution in [0.4, 0.5) is 0 Å². The number of aliphatic carboxylic acids is 1. The lowest BCUT2D eigenvalue weighted by atomic mass is 9.90. The van der Waals surface area contributed by atoms with Gasteiger partial charge >= 0.3 is 23.9 Å². The molecule has 0 heterocycles. The average molecular weight is 344 g/mol. The normalized spacial score (nSPS) is 13.9. The highest BCUT2D eigenvalue weighted by Gasteiger charge is 2.45. The quantitative estimate of drug-likeness (QED) is 0.304. The molecule has 1 N–H and O–H groups in total. The number of hydrogen-bond donors (Lipinski definition) is 1. The van der Waals surface area contributed by atoms with Gasteiger partial charge in [0.1, 0.15) is 0 Å². The maximum absolute atomic E-state index is 12.2. The fourth-order valence-corrected chi connectivity index (χ4v) is 1.57. The number of allylic oxidation sites excluding steroid dienone is 1. The topological polar surface area (TPSA) is 116 Å². The Labute approximate surface area is 140 Å². The van der Waals surface area contributed by atoms with Crippen molar-refractivity contribution in [3.05, 3.63) is 12.2 Å². The van der Waals surface area contributed by atoms with Crippen LogP contribution in [0.2, 0.25) is 0 Å². The Morgan fingerprint density at radius 3 is 1.62 bits per heavy atom. The third kappa shape index (κ3) is 6.02. The maximum Gasteiger partial charge on any atom is 0.359 e. The van der Waals surface area contributed by atoms with Crippen LogP contribution >= 0.6 is 0 Å². The summed E-state index contributed by atoms with van der Waals surface area (Å²) in [5, 5.41) is 9.23. The SMILES string of the molecule is CC=CC(C)(C(=O)O)C(=O)OC(C(=O)OC(C)C)C(=O)OC(C)C. The molecule has 24 heavy (non-hydrogen) atoms. The van der Waals surface area contributed by atoms with Crippen LogP contribution in [0, 0.1) is 5.41 Å². The van der Waals surface area contributed by atoms with Crippen molar-refractivity contribution in [2.24, 2.45) is 5.41 Å². The lowest BCUT2D eigenvalue weighted by molar-refractivity contribution is -0.189. The van der Waals surface area contributed by atoms with E-state index in [2.05, 4.69) is 0 Å². The van der Waals surface area contributed by atoms with Crippen molar-refractivity contribution in [3.63, 3.8) is 0 Å². The molecule has 8 nitrogen and oxygen atoms in total. The largest absolute Gasteiger partial charge is 0.480 e. The van der Waals surface area contributed by atoms with Crippen LogP contribution in [0.15, 0.2) is 12.2 Å². The fraction of sp³-hybridized carbons (Fsp3) is 0.625. The van der Waals surface area contributed by atoms with Crippen molar-refractivity contribution in [2.75, 3.05) is 0 Å². The smallest absolute Gasteiger partial charge is 0.359 e. The Morgan fingerprint density at radius 2 is 1.33 bits per heavy atom. The van der Waals surface area contributed by atoms with Gasteiger partial charge in [-0.2, -0.15) is 0 Å². The second-order valence-electron chi connectivity index (χ2n) is 5.76. The summed E-state index contributed by atoms with van der Waals surface area (Å²) in [4.78, 5) is 47.6. The van der Waals surface area contributed by atoms with Gasteiger partial charge in [0.25, 0.3) is 6.10 Å². The third-order valence-electron chi connectivity index (χ3n) is 2.73. The van der Waals surface area contributed by atoms with Gasteiger partial charge in [-0.05, 0) is 41.5 Å². The second kappa shape index (κ2) is 9.05. The number of esters is 3. The summed E-state index contributed by atoms with van der Waals surface area (Å²) < 4.78 is 14.6. The van der Waals surface area contributed by atoms with Crippen LogP contribution in [-0.2, 0) is 33.4 Å². The van der Waals surface area contributed by atoms with E-state index in [1.54, 1.807) is 27.7 Å². The molecule has 0 aromatic rings. The molecule has 0 radical (unpaired) electrons. The zero-order chi connectivity index (χ0) is 19.1. The monoisotopic (exact) mass is 344 g/mol. The third-order valence-corrected chi connectivity index (χ3v) is 2.73. The van der Waals surface area contributed by atoms with E-state index in [0.29, 0.717) is 0 Å². The lowest BCUT2D eigenvalue weighted by Crippen LogP contribution is -2.45. The standard InChI is InChI=1S/C16H24O8/c1-7-8-16(6,14(19)20)15(21)24-11(12(17)22-9(2)3)13(18)23-10(4)5/h7-11H,1-6H3,(H,19,20). The Hall–Kier alpha value is -2.38. The van der Waals surface area contributed by atoms with Crippen molar-refractivity contribution in [1.29, 1.82) is 0 Å². The minimum absolute atomic E-state index is 0.563. The van der Waals surface area contributed by atoms with E-state index in [9.17, 15) is 24.3 Å². The number of carbonyl (C=O) groups excluding carboxylic acids is 3. The molecule has 0 saturated heterocycles. The second-order valence-corrected chi connectivity index (χ2v) is 5.76. The molecule has 0 aliphatic rings. The van der Waals surface area contributed by atoms with Gasteiger partial charge in [0.2, 0.25) is 0 Å². The highest BCUT2D eigenvalue weighted by Crippen LogP contribution is 2.22. The summed E-state index contributed by atoms with van der Waals surface area (Å²) in [6.07, 6.45) is -0.676. The van der Waals surface area contributed by atoms with Crippen molar-refractivity contribution in [3.8, 4) is 0 Å². The number of ether oxygens (including phenoxy) is 3. The van der Waals surface area contributed by atoms with Crippen LogP contribution in [0.3, 0.4) is 0 Å². The van der Waals surface area contributed by atoms with Gasteiger partial charge in [-0.3, -0.25) is 9.59 Å². The van der Waals surface area contributed by atoms with Gasteiger partial charge in [-0.15, -0.1) is 0 Å². The zero-order valence-electron chi connectivity index (χ0n) is 14.7. The Morgan fingerprint density at radius 1 is 0.917 bits per heavy atom. The van der Waals surface area contributed by atoms with Crippen LogP contribution in [0.1, 0.15) is 41.5 Å². The van der Waals surface area contributed by atoms with Crippen LogP contribution < -0.4 is 0 Å². The van der Waals surface area contributed by atoms with E-state index in [1.165, 1.54) is 13.0 Å². The molecule has 0 amide bonds. The molecule has 1 atom stereocenters. The zero-order valence-corrected chi connectivity index (χ0v) is 14.7. The molecule has 0 aromatic heterocycles. The predicted molar refractivity (Wildman–Crippen MR) is 82.9 cm³/mol. The number of rotatable bonds is 8. The number of carbonyl (C=O) groups is 4. The van der Waals surface area contributed by atoms with Gasteiger partial charge in [0, 0.05) is 0 Å². The summed E-state index contributed by atoms with van der Waals surface area (Å²) in [6, 6.07) is 0. The number of carboxylic acid groups (broad SMARTS) is 1. The highest BCUT2D eigenvalue weighted by atomic mass is 16.6. The van der Waals surface area contributed by atoms with Gasteiger partial charge < -0.3 is 19.3 Å². The predicted octanol–water partition coefficient (Wildman–Crippen LogP) is 1.47. The van der Waals surface area contributed by atoms with Crippen LogP contribution in [0.25, 0.3) is 0 Å². The molecule has 0 aliphatic heterocycles. The Kier molecular flexibility index (Phi) is 8.15. The average Bonchev–Trinajstić information content (AvgIpc) is 2.42.